The molecule has 1 N–H and O–H groups in total. The molecular weight excluding hydrogens is 211 g/mol. The molecular formula is C9H8F3NO2. The molecule has 6 heteroatoms. The second-order valence-electron chi connectivity index (χ2n) is 2.76. The normalized spacial score (nSPS) is 10.9. The molecule has 0 atom stereocenters. The number of benzene rings is 1. The quantitative estimate of drug-likeness (QED) is 0.830. The number of amides is 1. The zero-order valence-corrected chi connectivity index (χ0v) is 7.76. The Labute approximate surface area is 83.8 Å². The lowest BCUT2D eigenvalue weighted by atomic mass is 10.3. The minimum absolute atomic E-state index is 0.254. The van der Waals surface area contributed by atoms with E-state index in [0.29, 0.717) is 0 Å². The molecule has 3 nitrogen and oxygen atoms in total. The highest BCUT2D eigenvalue weighted by Gasteiger charge is 2.31. The first-order valence-corrected chi connectivity index (χ1v) is 4.00. The number of hydrogen-bond donors (Lipinski definition) is 1. The second-order valence-corrected chi connectivity index (χ2v) is 2.76. The predicted molar refractivity (Wildman–Crippen MR) is 47.4 cm³/mol. The molecule has 0 aliphatic rings. The fraction of sp³-hybridized carbons (Fsp3) is 0.222. The molecule has 1 aromatic rings. The van der Waals surface area contributed by atoms with Gasteiger partial charge in [-0.25, -0.2) is 0 Å². The number of alkyl halides is 3. The SMILES string of the molecule is CC(=O)Nc1cccc(OC(F)(F)F)c1. The minimum Gasteiger partial charge on any atom is -0.406 e. The summed E-state index contributed by atoms with van der Waals surface area (Å²) in [6.07, 6.45) is -4.73. The van der Waals surface area contributed by atoms with Crippen molar-refractivity contribution in [1.82, 2.24) is 0 Å². The number of carbonyl (C=O) groups excluding carboxylic acids is 1. The van der Waals surface area contributed by atoms with Gasteiger partial charge in [-0.3, -0.25) is 4.79 Å². The van der Waals surface area contributed by atoms with Crippen LogP contribution in [0.4, 0.5) is 18.9 Å². The number of carbonyl (C=O) groups is 1. The van der Waals surface area contributed by atoms with Crippen LogP contribution in [-0.2, 0) is 4.79 Å². The van der Waals surface area contributed by atoms with Gasteiger partial charge in [-0.1, -0.05) is 6.07 Å². The van der Waals surface area contributed by atoms with E-state index in [1.165, 1.54) is 19.1 Å². The topological polar surface area (TPSA) is 38.3 Å². The predicted octanol–water partition coefficient (Wildman–Crippen LogP) is 2.54. The number of rotatable bonds is 2. The zero-order valence-electron chi connectivity index (χ0n) is 7.76. The summed E-state index contributed by atoms with van der Waals surface area (Å²) < 4.78 is 39.2. The maximum Gasteiger partial charge on any atom is 0.573 e. The van der Waals surface area contributed by atoms with E-state index < -0.39 is 6.36 Å². The first-order chi connectivity index (χ1) is 6.87. The van der Waals surface area contributed by atoms with E-state index in [1.54, 1.807) is 0 Å². The van der Waals surface area contributed by atoms with Gasteiger partial charge in [0.1, 0.15) is 5.75 Å². The van der Waals surface area contributed by atoms with E-state index in [0.717, 1.165) is 12.1 Å². The summed E-state index contributed by atoms with van der Waals surface area (Å²) in [6.45, 7) is 1.26. The monoisotopic (exact) mass is 219 g/mol. The Morgan fingerprint density at radius 1 is 1.40 bits per heavy atom. The van der Waals surface area contributed by atoms with Gasteiger partial charge in [-0.2, -0.15) is 0 Å². The van der Waals surface area contributed by atoms with E-state index in [9.17, 15) is 18.0 Å². The molecule has 0 radical (unpaired) electrons. The molecule has 1 rings (SSSR count). The Morgan fingerprint density at radius 3 is 2.60 bits per heavy atom. The van der Waals surface area contributed by atoms with Crippen LogP contribution >= 0.6 is 0 Å². The third-order valence-corrected chi connectivity index (χ3v) is 1.39. The molecule has 0 aromatic heterocycles. The van der Waals surface area contributed by atoms with Crippen molar-refractivity contribution in [3.05, 3.63) is 24.3 Å². The summed E-state index contributed by atoms with van der Waals surface area (Å²) in [6, 6.07) is 5.06. The van der Waals surface area contributed by atoms with Crippen molar-refractivity contribution in [1.29, 1.82) is 0 Å². The van der Waals surface area contributed by atoms with Gasteiger partial charge < -0.3 is 10.1 Å². The third kappa shape index (κ3) is 4.35. The number of hydrogen-bond acceptors (Lipinski definition) is 2. The molecule has 0 aliphatic heterocycles. The molecule has 0 bridgehead atoms. The smallest absolute Gasteiger partial charge is 0.406 e. The Balaban J connectivity index is 2.79. The summed E-state index contributed by atoms with van der Waals surface area (Å²) in [5, 5.41) is 2.34. The van der Waals surface area contributed by atoms with Gasteiger partial charge in [0.05, 0.1) is 0 Å². The van der Waals surface area contributed by atoms with Crippen LogP contribution in [0, 0.1) is 0 Å². The molecule has 0 saturated heterocycles. The summed E-state index contributed by atoms with van der Waals surface area (Å²) >= 11 is 0. The van der Waals surface area contributed by atoms with E-state index >= 15 is 0 Å². The van der Waals surface area contributed by atoms with Gasteiger partial charge in [0.25, 0.3) is 0 Å². The fourth-order valence-corrected chi connectivity index (χ4v) is 0.974. The summed E-state index contributed by atoms with van der Waals surface area (Å²) in [5.41, 5.74) is 0.254. The largest absolute Gasteiger partial charge is 0.573 e. The van der Waals surface area contributed by atoms with Crippen LogP contribution in [0.15, 0.2) is 24.3 Å². The molecule has 82 valence electrons. The average molecular weight is 219 g/mol. The molecule has 1 amide bonds. The molecule has 0 heterocycles. The lowest BCUT2D eigenvalue weighted by Gasteiger charge is -2.09. The van der Waals surface area contributed by atoms with Gasteiger partial charge in [0, 0.05) is 18.7 Å². The van der Waals surface area contributed by atoms with Gasteiger partial charge in [0.15, 0.2) is 0 Å². The zero-order chi connectivity index (χ0) is 11.5. The fourth-order valence-electron chi connectivity index (χ4n) is 0.974. The van der Waals surface area contributed by atoms with Gasteiger partial charge >= 0.3 is 6.36 Å². The summed E-state index contributed by atoms with van der Waals surface area (Å²) in [5.74, 6) is -0.729. The van der Waals surface area contributed by atoms with Crippen LogP contribution in [-0.4, -0.2) is 12.3 Å². The summed E-state index contributed by atoms with van der Waals surface area (Å²) in [4.78, 5) is 10.6. The lowest BCUT2D eigenvalue weighted by molar-refractivity contribution is -0.274. The number of ether oxygens (including phenoxy) is 1. The molecule has 0 unspecified atom stereocenters. The van der Waals surface area contributed by atoms with Crippen molar-refractivity contribution in [3.63, 3.8) is 0 Å². The van der Waals surface area contributed by atoms with E-state index in [-0.39, 0.29) is 17.3 Å². The summed E-state index contributed by atoms with van der Waals surface area (Å²) in [7, 11) is 0. The molecule has 0 saturated carbocycles. The van der Waals surface area contributed by atoms with E-state index in [2.05, 4.69) is 10.1 Å². The number of halogens is 3. The molecule has 0 spiro atoms. The Morgan fingerprint density at radius 2 is 2.07 bits per heavy atom. The van der Waals surface area contributed by atoms with Crippen molar-refractivity contribution >= 4 is 11.6 Å². The standard InChI is InChI=1S/C9H8F3NO2/c1-6(14)13-7-3-2-4-8(5-7)15-9(10,11)12/h2-5H,1H3,(H,13,14). The lowest BCUT2D eigenvalue weighted by Crippen LogP contribution is -2.17. The number of anilines is 1. The van der Waals surface area contributed by atoms with E-state index in [1.807, 2.05) is 0 Å². The average Bonchev–Trinajstić information content (AvgIpc) is 1.99. The van der Waals surface area contributed by atoms with Crippen molar-refractivity contribution in [2.75, 3.05) is 5.32 Å². The Hall–Kier alpha value is -1.72. The van der Waals surface area contributed by atoms with Gasteiger partial charge in [-0.05, 0) is 12.1 Å². The Kier molecular flexibility index (Phi) is 3.18. The van der Waals surface area contributed by atoms with Crippen LogP contribution in [0.5, 0.6) is 5.75 Å². The maximum atomic E-state index is 11.8. The van der Waals surface area contributed by atoms with E-state index in [4.69, 9.17) is 0 Å². The molecule has 15 heavy (non-hydrogen) atoms. The number of nitrogens with one attached hydrogen (secondary N) is 1. The molecule has 0 aliphatic carbocycles. The first-order valence-electron chi connectivity index (χ1n) is 4.00. The third-order valence-electron chi connectivity index (χ3n) is 1.39. The van der Waals surface area contributed by atoms with Gasteiger partial charge in [-0.15, -0.1) is 13.2 Å². The minimum atomic E-state index is -4.73. The van der Waals surface area contributed by atoms with Crippen LogP contribution in [0.1, 0.15) is 6.92 Å². The van der Waals surface area contributed by atoms with Crippen molar-refractivity contribution in [3.8, 4) is 5.75 Å². The van der Waals surface area contributed by atoms with Crippen LogP contribution in [0.2, 0.25) is 0 Å². The van der Waals surface area contributed by atoms with Crippen molar-refractivity contribution < 1.29 is 22.7 Å². The van der Waals surface area contributed by atoms with Crippen LogP contribution in [0.25, 0.3) is 0 Å². The van der Waals surface area contributed by atoms with Crippen molar-refractivity contribution in [2.24, 2.45) is 0 Å². The molecule has 1 aromatic carbocycles. The van der Waals surface area contributed by atoms with Crippen molar-refractivity contribution in [2.45, 2.75) is 13.3 Å². The highest BCUT2D eigenvalue weighted by atomic mass is 19.4. The highest BCUT2D eigenvalue weighted by molar-refractivity contribution is 5.88. The Bertz CT molecular complexity index is 363. The first kappa shape index (κ1) is 11.4. The second kappa shape index (κ2) is 4.20. The highest BCUT2D eigenvalue weighted by Crippen LogP contribution is 2.24. The van der Waals surface area contributed by atoms with Crippen LogP contribution < -0.4 is 10.1 Å². The van der Waals surface area contributed by atoms with Crippen LogP contribution in [0.3, 0.4) is 0 Å². The maximum absolute atomic E-state index is 11.8. The van der Waals surface area contributed by atoms with Gasteiger partial charge in [0.2, 0.25) is 5.91 Å². The molecule has 0 fully saturated rings.